The number of hydrogen-bond acceptors (Lipinski definition) is 5. The molecule has 5 nitrogen and oxygen atoms in total. The lowest BCUT2D eigenvalue weighted by Crippen LogP contribution is -2.33. The fraction of sp³-hybridized carbons (Fsp3) is 0.684. The van der Waals surface area contributed by atoms with E-state index in [1.54, 1.807) is 7.11 Å². The topological polar surface area (TPSA) is 51.0 Å². The average Bonchev–Trinajstić information content (AvgIpc) is 3.01. The van der Waals surface area contributed by atoms with Crippen LogP contribution < -0.4 is 15.2 Å². The van der Waals surface area contributed by atoms with Gasteiger partial charge in [-0.25, -0.2) is 0 Å². The van der Waals surface area contributed by atoms with Gasteiger partial charge in [0.25, 0.3) is 0 Å². The molecule has 2 aliphatic heterocycles. The molecule has 1 atom stereocenters. The molecular formula is C19H31N3O2. The Labute approximate surface area is 145 Å². The van der Waals surface area contributed by atoms with Crippen LogP contribution in [0.5, 0.6) is 11.5 Å². The van der Waals surface area contributed by atoms with E-state index in [0.717, 1.165) is 50.7 Å². The summed E-state index contributed by atoms with van der Waals surface area (Å²) < 4.78 is 11.5. The third-order valence-electron chi connectivity index (χ3n) is 5.06. The van der Waals surface area contributed by atoms with Gasteiger partial charge in [-0.15, -0.1) is 0 Å². The minimum absolute atomic E-state index is 0.323. The summed E-state index contributed by atoms with van der Waals surface area (Å²) in [5, 5.41) is 0. The van der Waals surface area contributed by atoms with Crippen LogP contribution in [0.3, 0.4) is 0 Å². The normalized spacial score (nSPS) is 22.7. The van der Waals surface area contributed by atoms with E-state index in [1.165, 1.54) is 37.9 Å². The molecule has 3 rings (SSSR count). The molecule has 2 heterocycles. The van der Waals surface area contributed by atoms with Gasteiger partial charge < -0.3 is 15.2 Å². The smallest absolute Gasteiger partial charge is 0.161 e. The van der Waals surface area contributed by atoms with Crippen molar-refractivity contribution in [1.29, 1.82) is 0 Å². The minimum Gasteiger partial charge on any atom is -0.493 e. The zero-order chi connectivity index (χ0) is 16.8. The van der Waals surface area contributed by atoms with E-state index in [2.05, 4.69) is 21.9 Å². The molecule has 0 amide bonds. The van der Waals surface area contributed by atoms with Crippen molar-refractivity contribution in [3.63, 3.8) is 0 Å². The summed E-state index contributed by atoms with van der Waals surface area (Å²) in [6.07, 6.45) is 5.10. The van der Waals surface area contributed by atoms with Gasteiger partial charge in [-0.05, 0) is 50.0 Å². The molecule has 1 aromatic carbocycles. The first-order chi connectivity index (χ1) is 11.7. The molecule has 0 spiro atoms. The molecular weight excluding hydrogens is 302 g/mol. The van der Waals surface area contributed by atoms with Crippen LogP contribution in [0.4, 0.5) is 0 Å². The van der Waals surface area contributed by atoms with E-state index in [4.69, 9.17) is 15.2 Å². The largest absolute Gasteiger partial charge is 0.493 e. The number of benzene rings is 1. The highest BCUT2D eigenvalue weighted by molar-refractivity contribution is 5.43. The zero-order valence-electron chi connectivity index (χ0n) is 14.9. The standard InChI is InChI=1S/C19H31N3O2/c1-23-19-13-16(14-22-10-7-17(20)15-22)5-6-18(19)24-12-11-21-8-3-2-4-9-21/h5-6,13,17H,2-4,7-12,14-15,20H2,1H3/t17-/m0/s1. The predicted molar refractivity (Wildman–Crippen MR) is 96.6 cm³/mol. The van der Waals surface area contributed by atoms with Crippen LogP contribution in [-0.2, 0) is 6.54 Å². The van der Waals surface area contributed by atoms with E-state index >= 15 is 0 Å². The minimum atomic E-state index is 0.323. The van der Waals surface area contributed by atoms with Gasteiger partial charge in [-0.2, -0.15) is 0 Å². The fourth-order valence-corrected chi connectivity index (χ4v) is 3.66. The summed E-state index contributed by atoms with van der Waals surface area (Å²) >= 11 is 0. The number of likely N-dealkylation sites (tertiary alicyclic amines) is 2. The molecule has 2 fully saturated rings. The molecule has 24 heavy (non-hydrogen) atoms. The zero-order valence-corrected chi connectivity index (χ0v) is 14.9. The van der Waals surface area contributed by atoms with Crippen molar-refractivity contribution in [2.24, 2.45) is 5.73 Å². The molecule has 1 aromatic rings. The highest BCUT2D eigenvalue weighted by Gasteiger charge is 2.19. The average molecular weight is 333 g/mol. The Hall–Kier alpha value is -1.30. The van der Waals surface area contributed by atoms with E-state index in [9.17, 15) is 0 Å². The summed E-state index contributed by atoms with van der Waals surface area (Å²) in [6, 6.07) is 6.60. The first kappa shape index (κ1) is 17.5. The lowest BCUT2D eigenvalue weighted by Gasteiger charge is -2.26. The predicted octanol–water partition coefficient (Wildman–Crippen LogP) is 2.09. The lowest BCUT2D eigenvalue weighted by atomic mass is 10.1. The molecule has 0 radical (unpaired) electrons. The Morgan fingerprint density at radius 3 is 2.62 bits per heavy atom. The van der Waals surface area contributed by atoms with Crippen molar-refractivity contribution in [2.45, 2.75) is 38.3 Å². The molecule has 0 aromatic heterocycles. The fourth-order valence-electron chi connectivity index (χ4n) is 3.66. The third-order valence-corrected chi connectivity index (χ3v) is 5.06. The monoisotopic (exact) mass is 333 g/mol. The van der Waals surface area contributed by atoms with Crippen molar-refractivity contribution in [2.75, 3.05) is 46.4 Å². The second-order valence-electron chi connectivity index (χ2n) is 7.02. The quantitative estimate of drug-likeness (QED) is 0.828. The molecule has 5 heteroatoms. The number of ether oxygens (including phenoxy) is 2. The Balaban J connectivity index is 1.51. The van der Waals surface area contributed by atoms with Crippen molar-refractivity contribution in [3.05, 3.63) is 23.8 Å². The van der Waals surface area contributed by atoms with E-state index in [-0.39, 0.29) is 0 Å². The van der Waals surface area contributed by atoms with Gasteiger partial charge in [0.05, 0.1) is 7.11 Å². The van der Waals surface area contributed by atoms with Gasteiger partial charge in [0.2, 0.25) is 0 Å². The summed E-state index contributed by atoms with van der Waals surface area (Å²) in [7, 11) is 1.71. The summed E-state index contributed by atoms with van der Waals surface area (Å²) in [4.78, 5) is 4.89. The Kier molecular flexibility index (Phi) is 6.35. The maximum absolute atomic E-state index is 5.98. The molecule has 134 valence electrons. The number of nitrogens with zero attached hydrogens (tertiary/aromatic N) is 2. The Morgan fingerprint density at radius 2 is 1.92 bits per heavy atom. The van der Waals surface area contributed by atoms with Crippen LogP contribution in [0.2, 0.25) is 0 Å². The second-order valence-corrected chi connectivity index (χ2v) is 7.02. The number of rotatable bonds is 7. The maximum Gasteiger partial charge on any atom is 0.161 e. The summed E-state index contributed by atoms with van der Waals surface area (Å²) in [6.45, 7) is 7.12. The first-order valence-electron chi connectivity index (χ1n) is 9.24. The van der Waals surface area contributed by atoms with E-state index in [0.29, 0.717) is 6.04 Å². The number of piperidine rings is 1. The lowest BCUT2D eigenvalue weighted by molar-refractivity contribution is 0.180. The maximum atomic E-state index is 5.98. The number of methoxy groups -OCH3 is 1. The van der Waals surface area contributed by atoms with Crippen LogP contribution in [0, 0.1) is 0 Å². The molecule has 2 saturated heterocycles. The van der Waals surface area contributed by atoms with Gasteiger partial charge in [0.15, 0.2) is 11.5 Å². The van der Waals surface area contributed by atoms with Crippen molar-refractivity contribution >= 4 is 0 Å². The van der Waals surface area contributed by atoms with Crippen molar-refractivity contribution in [3.8, 4) is 11.5 Å². The van der Waals surface area contributed by atoms with Crippen LogP contribution in [0.1, 0.15) is 31.2 Å². The molecule has 2 N–H and O–H groups in total. The molecule has 0 bridgehead atoms. The summed E-state index contributed by atoms with van der Waals surface area (Å²) in [5.74, 6) is 1.67. The van der Waals surface area contributed by atoms with Gasteiger partial charge in [0, 0.05) is 32.2 Å². The molecule has 0 unspecified atom stereocenters. The summed E-state index contributed by atoms with van der Waals surface area (Å²) in [5.41, 5.74) is 7.24. The molecule has 0 saturated carbocycles. The van der Waals surface area contributed by atoms with Crippen molar-refractivity contribution < 1.29 is 9.47 Å². The Bertz CT molecular complexity index is 517. The highest BCUT2D eigenvalue weighted by atomic mass is 16.5. The van der Waals surface area contributed by atoms with Gasteiger partial charge in [-0.3, -0.25) is 9.80 Å². The number of nitrogens with two attached hydrogens (primary N) is 1. The van der Waals surface area contributed by atoms with Crippen LogP contribution in [-0.4, -0.2) is 62.3 Å². The Morgan fingerprint density at radius 1 is 1.08 bits per heavy atom. The van der Waals surface area contributed by atoms with Gasteiger partial charge in [-0.1, -0.05) is 12.5 Å². The second kappa shape index (κ2) is 8.70. The SMILES string of the molecule is COc1cc(CN2CC[C@H](N)C2)ccc1OCCN1CCCCC1. The van der Waals surface area contributed by atoms with E-state index < -0.39 is 0 Å². The third kappa shape index (κ3) is 4.85. The molecule has 0 aliphatic carbocycles. The van der Waals surface area contributed by atoms with Gasteiger partial charge in [0.1, 0.15) is 6.61 Å². The van der Waals surface area contributed by atoms with Crippen LogP contribution in [0.15, 0.2) is 18.2 Å². The first-order valence-corrected chi connectivity index (χ1v) is 9.24. The number of hydrogen-bond donors (Lipinski definition) is 1. The van der Waals surface area contributed by atoms with E-state index in [1.807, 2.05) is 6.07 Å². The molecule has 2 aliphatic rings. The van der Waals surface area contributed by atoms with Crippen LogP contribution >= 0.6 is 0 Å². The van der Waals surface area contributed by atoms with Crippen molar-refractivity contribution in [1.82, 2.24) is 9.80 Å². The van der Waals surface area contributed by atoms with Gasteiger partial charge >= 0.3 is 0 Å². The van der Waals surface area contributed by atoms with Crippen LogP contribution in [0.25, 0.3) is 0 Å². The highest BCUT2D eigenvalue weighted by Crippen LogP contribution is 2.29.